The number of carbonyl (C=O) groups is 2. The van der Waals surface area contributed by atoms with E-state index >= 15 is 0 Å². The fourth-order valence-electron chi connectivity index (χ4n) is 1.83. The predicted molar refractivity (Wildman–Crippen MR) is 72.5 cm³/mol. The van der Waals surface area contributed by atoms with Gasteiger partial charge in [0.25, 0.3) is 0 Å². The molecule has 0 saturated carbocycles. The Bertz CT molecular complexity index is 560. The summed E-state index contributed by atoms with van der Waals surface area (Å²) in [5.74, 6) is 0.850. The van der Waals surface area contributed by atoms with Gasteiger partial charge < -0.3 is 14.2 Å². The van der Waals surface area contributed by atoms with Crippen LogP contribution >= 0.6 is 0 Å². The Hall–Kier alpha value is -2.24. The third-order valence-corrected chi connectivity index (χ3v) is 2.72. The van der Waals surface area contributed by atoms with E-state index in [9.17, 15) is 9.59 Å². The van der Waals surface area contributed by atoms with E-state index in [4.69, 9.17) is 14.2 Å². The number of fused-ring (bicyclic) bond motifs is 1. The van der Waals surface area contributed by atoms with Crippen molar-refractivity contribution >= 4 is 18.1 Å². The molecule has 6 heteroatoms. The number of amides is 1. The first-order valence-corrected chi connectivity index (χ1v) is 6.20. The zero-order valence-electron chi connectivity index (χ0n) is 11.9. The monoisotopic (exact) mass is 279 g/mol. The van der Waals surface area contributed by atoms with Gasteiger partial charge in [0.2, 0.25) is 6.79 Å². The lowest BCUT2D eigenvalue weighted by atomic mass is 10.1. The molecule has 0 spiro atoms. The van der Waals surface area contributed by atoms with Crippen molar-refractivity contribution in [1.29, 1.82) is 0 Å². The van der Waals surface area contributed by atoms with E-state index in [2.05, 4.69) is 5.32 Å². The van der Waals surface area contributed by atoms with Crippen LogP contribution in [-0.4, -0.2) is 24.8 Å². The van der Waals surface area contributed by atoms with Gasteiger partial charge >= 0.3 is 6.09 Å². The molecule has 0 aromatic heterocycles. The number of nitrogens with one attached hydrogen (secondary N) is 1. The molecular formula is C14H17NO5. The topological polar surface area (TPSA) is 73.9 Å². The quantitative estimate of drug-likeness (QED) is 0.842. The van der Waals surface area contributed by atoms with Crippen LogP contribution in [0.4, 0.5) is 10.5 Å². The zero-order valence-corrected chi connectivity index (χ0v) is 11.9. The molecule has 1 N–H and O–H groups in total. The first kappa shape index (κ1) is 14.2. The molecule has 1 aromatic carbocycles. The fourth-order valence-corrected chi connectivity index (χ4v) is 1.83. The van der Waals surface area contributed by atoms with Gasteiger partial charge in [-0.25, -0.2) is 4.79 Å². The summed E-state index contributed by atoms with van der Waals surface area (Å²) in [5, 5.41) is 2.62. The average molecular weight is 279 g/mol. The molecule has 0 aliphatic carbocycles. The van der Waals surface area contributed by atoms with Crippen LogP contribution in [0.1, 0.15) is 36.7 Å². The van der Waals surface area contributed by atoms with Crippen LogP contribution in [0.15, 0.2) is 6.07 Å². The van der Waals surface area contributed by atoms with Crippen molar-refractivity contribution in [3.05, 3.63) is 17.2 Å². The van der Waals surface area contributed by atoms with Crippen molar-refractivity contribution in [1.82, 2.24) is 0 Å². The van der Waals surface area contributed by atoms with Gasteiger partial charge in [-0.1, -0.05) is 0 Å². The first-order valence-electron chi connectivity index (χ1n) is 6.20. The number of carbonyl (C=O) groups excluding carboxylic acids is 2. The highest BCUT2D eigenvalue weighted by Gasteiger charge is 2.25. The first-order chi connectivity index (χ1) is 9.31. The minimum atomic E-state index is -0.610. The molecule has 1 aliphatic heterocycles. The van der Waals surface area contributed by atoms with Crippen molar-refractivity contribution in [2.45, 2.75) is 33.3 Å². The molecule has 0 unspecified atom stereocenters. The van der Waals surface area contributed by atoms with E-state index in [1.165, 1.54) is 0 Å². The average Bonchev–Trinajstić information content (AvgIpc) is 2.78. The minimum absolute atomic E-state index is 0.0556. The van der Waals surface area contributed by atoms with E-state index in [0.29, 0.717) is 34.6 Å². The van der Waals surface area contributed by atoms with Gasteiger partial charge in [0.05, 0.1) is 5.69 Å². The normalized spacial score (nSPS) is 13.0. The van der Waals surface area contributed by atoms with Gasteiger partial charge in [-0.3, -0.25) is 10.1 Å². The molecule has 1 aromatic rings. The summed E-state index contributed by atoms with van der Waals surface area (Å²) >= 11 is 0. The SMILES string of the molecule is Cc1c(C=O)cc2c(c1NC(=O)OC(C)(C)C)OCO2. The third-order valence-electron chi connectivity index (χ3n) is 2.72. The summed E-state index contributed by atoms with van der Waals surface area (Å²) in [6.07, 6.45) is 0.0961. The van der Waals surface area contributed by atoms with E-state index in [1.54, 1.807) is 33.8 Å². The van der Waals surface area contributed by atoms with E-state index in [1.807, 2.05) is 0 Å². The summed E-state index contributed by atoms with van der Waals surface area (Å²) < 4.78 is 15.8. The van der Waals surface area contributed by atoms with Crippen molar-refractivity contribution in [2.75, 3.05) is 12.1 Å². The standard InChI is InChI=1S/C14H17NO5/c1-8-9(6-16)5-10-12(19-7-18-10)11(8)15-13(17)20-14(2,3)4/h5-6H,7H2,1-4H3,(H,15,17). The minimum Gasteiger partial charge on any atom is -0.453 e. The molecule has 1 amide bonds. The fraction of sp³-hybridized carbons (Fsp3) is 0.429. The number of rotatable bonds is 2. The Morgan fingerprint density at radius 2 is 2.10 bits per heavy atom. The van der Waals surface area contributed by atoms with Gasteiger partial charge in [0.15, 0.2) is 17.8 Å². The molecule has 1 heterocycles. The Balaban J connectivity index is 2.34. The van der Waals surface area contributed by atoms with Crippen molar-refractivity contribution in [2.24, 2.45) is 0 Å². The van der Waals surface area contributed by atoms with Crippen LogP contribution in [0.5, 0.6) is 11.5 Å². The maximum atomic E-state index is 11.9. The molecule has 2 rings (SSSR count). The second-order valence-electron chi connectivity index (χ2n) is 5.44. The molecular weight excluding hydrogens is 262 g/mol. The van der Waals surface area contributed by atoms with Gasteiger partial charge in [0.1, 0.15) is 5.60 Å². The summed E-state index contributed by atoms with van der Waals surface area (Å²) in [4.78, 5) is 22.9. The second-order valence-corrected chi connectivity index (χ2v) is 5.44. The van der Waals surface area contributed by atoms with Gasteiger partial charge in [0, 0.05) is 5.56 Å². The van der Waals surface area contributed by atoms with Gasteiger partial charge in [-0.15, -0.1) is 0 Å². The summed E-state index contributed by atoms with van der Waals surface area (Å²) in [6.45, 7) is 7.08. The highest BCUT2D eigenvalue weighted by molar-refractivity contribution is 5.93. The molecule has 1 aliphatic rings. The number of benzene rings is 1. The second kappa shape index (κ2) is 5.03. The van der Waals surface area contributed by atoms with E-state index in [0.717, 1.165) is 0 Å². The van der Waals surface area contributed by atoms with Crippen molar-refractivity contribution in [3.63, 3.8) is 0 Å². The van der Waals surface area contributed by atoms with Crippen molar-refractivity contribution < 1.29 is 23.8 Å². The molecule has 0 radical (unpaired) electrons. The largest absolute Gasteiger partial charge is 0.453 e. The molecule has 108 valence electrons. The zero-order chi connectivity index (χ0) is 14.9. The number of ether oxygens (including phenoxy) is 3. The lowest BCUT2D eigenvalue weighted by molar-refractivity contribution is 0.0634. The Labute approximate surface area is 117 Å². The molecule has 0 bridgehead atoms. The Morgan fingerprint density at radius 3 is 2.70 bits per heavy atom. The highest BCUT2D eigenvalue weighted by Crippen LogP contribution is 2.42. The lowest BCUT2D eigenvalue weighted by Gasteiger charge is -2.21. The molecule has 0 saturated heterocycles. The van der Waals surface area contributed by atoms with Crippen molar-refractivity contribution in [3.8, 4) is 11.5 Å². The van der Waals surface area contributed by atoms with Crippen LogP contribution in [0, 0.1) is 6.92 Å². The predicted octanol–water partition coefficient (Wildman–Crippen LogP) is 2.88. The summed E-state index contributed by atoms with van der Waals surface area (Å²) in [7, 11) is 0. The van der Waals surface area contributed by atoms with Gasteiger partial charge in [-0.05, 0) is 39.3 Å². The molecule has 0 fully saturated rings. The van der Waals surface area contributed by atoms with Crippen LogP contribution in [-0.2, 0) is 4.74 Å². The maximum absolute atomic E-state index is 11.9. The molecule has 0 atom stereocenters. The van der Waals surface area contributed by atoms with E-state index < -0.39 is 11.7 Å². The number of hydrogen-bond donors (Lipinski definition) is 1. The van der Waals surface area contributed by atoms with E-state index in [-0.39, 0.29) is 6.79 Å². The lowest BCUT2D eigenvalue weighted by Crippen LogP contribution is -2.27. The smallest absolute Gasteiger partial charge is 0.412 e. The highest BCUT2D eigenvalue weighted by atomic mass is 16.7. The molecule has 20 heavy (non-hydrogen) atoms. The van der Waals surface area contributed by atoms with Gasteiger partial charge in [-0.2, -0.15) is 0 Å². The summed E-state index contributed by atoms with van der Waals surface area (Å²) in [5.41, 5.74) is 0.826. The van der Waals surface area contributed by atoms with Crippen LogP contribution in [0.25, 0.3) is 0 Å². The Kier molecular flexibility index (Phi) is 3.57. The number of aldehydes is 1. The third kappa shape index (κ3) is 2.84. The summed E-state index contributed by atoms with van der Waals surface area (Å²) in [6, 6.07) is 1.59. The molecule has 6 nitrogen and oxygen atoms in total. The van der Waals surface area contributed by atoms with Crippen LogP contribution in [0.3, 0.4) is 0 Å². The number of hydrogen-bond acceptors (Lipinski definition) is 5. The Morgan fingerprint density at radius 1 is 1.40 bits per heavy atom. The van der Waals surface area contributed by atoms with Crippen LogP contribution < -0.4 is 14.8 Å². The maximum Gasteiger partial charge on any atom is 0.412 e. The number of anilines is 1. The van der Waals surface area contributed by atoms with Crippen LogP contribution in [0.2, 0.25) is 0 Å².